The van der Waals surface area contributed by atoms with Gasteiger partial charge in [0.15, 0.2) is 11.5 Å². The van der Waals surface area contributed by atoms with E-state index in [4.69, 9.17) is 16.3 Å². The molecular weight excluding hydrogens is 396 g/mol. The number of ketones is 2. The van der Waals surface area contributed by atoms with Crippen molar-refractivity contribution < 1.29 is 14.3 Å². The fourth-order valence-electron chi connectivity index (χ4n) is 4.60. The maximum atomic E-state index is 13.4. The van der Waals surface area contributed by atoms with Crippen LogP contribution in [0.3, 0.4) is 0 Å². The van der Waals surface area contributed by atoms with E-state index in [0.717, 1.165) is 30.7 Å². The zero-order valence-electron chi connectivity index (χ0n) is 17.7. The first-order chi connectivity index (χ1) is 14.2. The summed E-state index contributed by atoms with van der Waals surface area (Å²) in [7, 11) is 0. The number of carbonyl (C=O) groups excluding carboxylic acids is 2. The third-order valence-electron chi connectivity index (χ3n) is 6.00. The third-order valence-corrected chi connectivity index (χ3v) is 6.25. The molecular formula is C26H27ClO3. The van der Waals surface area contributed by atoms with Gasteiger partial charge in [-0.2, -0.15) is 0 Å². The zero-order chi connectivity index (χ0) is 21.5. The lowest BCUT2D eigenvalue weighted by molar-refractivity contribution is 0.0387. The fraction of sp³-hybridized carbons (Fsp3) is 0.385. The van der Waals surface area contributed by atoms with Gasteiger partial charge in [0, 0.05) is 21.7 Å². The Labute approximate surface area is 183 Å². The van der Waals surface area contributed by atoms with Gasteiger partial charge in [0.05, 0.1) is 0 Å². The molecule has 2 aliphatic carbocycles. The van der Waals surface area contributed by atoms with Gasteiger partial charge in [0.1, 0.15) is 5.60 Å². The largest absolute Gasteiger partial charge is 0.484 e. The van der Waals surface area contributed by atoms with E-state index in [1.54, 1.807) is 18.2 Å². The Hall–Kier alpha value is -2.39. The van der Waals surface area contributed by atoms with Crippen LogP contribution in [0, 0.1) is 5.92 Å². The van der Waals surface area contributed by atoms with Gasteiger partial charge in [-0.15, -0.1) is 0 Å². The van der Waals surface area contributed by atoms with Crippen LogP contribution in [0.25, 0.3) is 0 Å². The van der Waals surface area contributed by atoms with Gasteiger partial charge < -0.3 is 4.74 Å². The van der Waals surface area contributed by atoms with Crippen LogP contribution in [0.15, 0.2) is 59.9 Å². The number of halogens is 1. The second-order valence-electron chi connectivity index (χ2n) is 9.26. The molecule has 0 amide bonds. The molecule has 0 spiro atoms. The standard InChI is InChI=1S/C26H27ClO3/c1-26(2,3)30-25-22(23(28)20-6-4-5-7-21(20)24(25)29)18-10-8-16(9-11-18)17-12-14-19(27)15-13-17/h4-7,12-16,18H,8-11H2,1-3H3. The maximum Gasteiger partial charge on any atom is 0.228 e. The second kappa shape index (κ2) is 8.03. The maximum absolute atomic E-state index is 13.4. The molecule has 0 aromatic heterocycles. The molecule has 3 nitrogen and oxygen atoms in total. The van der Waals surface area contributed by atoms with Crippen LogP contribution in [0.4, 0.5) is 0 Å². The Bertz CT molecular complexity index is 1000. The minimum atomic E-state index is -0.552. The summed E-state index contributed by atoms with van der Waals surface area (Å²) in [4.78, 5) is 26.7. The number of hydrogen-bond acceptors (Lipinski definition) is 3. The van der Waals surface area contributed by atoms with E-state index in [1.165, 1.54) is 5.56 Å². The summed E-state index contributed by atoms with van der Waals surface area (Å²) < 4.78 is 6.10. The Morgan fingerprint density at radius 2 is 1.33 bits per heavy atom. The predicted octanol–water partition coefficient (Wildman–Crippen LogP) is 6.76. The molecule has 156 valence electrons. The Kier molecular flexibility index (Phi) is 5.59. The van der Waals surface area contributed by atoms with E-state index in [-0.39, 0.29) is 23.2 Å². The van der Waals surface area contributed by atoms with Crippen molar-refractivity contribution in [3.05, 3.63) is 81.6 Å². The first-order valence-electron chi connectivity index (χ1n) is 10.6. The Morgan fingerprint density at radius 3 is 1.90 bits per heavy atom. The number of carbonyl (C=O) groups is 2. The third kappa shape index (κ3) is 4.09. The number of rotatable bonds is 3. The highest BCUT2D eigenvalue weighted by atomic mass is 35.5. The average Bonchev–Trinajstić information content (AvgIpc) is 2.72. The summed E-state index contributed by atoms with van der Waals surface area (Å²) in [6.07, 6.45) is 3.67. The molecule has 0 saturated heterocycles. The quantitative estimate of drug-likeness (QED) is 0.548. The van der Waals surface area contributed by atoms with Crippen LogP contribution >= 0.6 is 11.6 Å². The SMILES string of the molecule is CC(C)(C)OC1=C(C2CCC(c3ccc(Cl)cc3)CC2)C(=O)c2ccccc2C1=O. The minimum Gasteiger partial charge on any atom is -0.484 e. The number of allylic oxidation sites excluding steroid dienone is 2. The molecule has 1 fully saturated rings. The first-order valence-corrected chi connectivity index (χ1v) is 11.0. The first kappa shape index (κ1) is 20.9. The predicted molar refractivity (Wildman–Crippen MR) is 119 cm³/mol. The summed E-state index contributed by atoms with van der Waals surface area (Å²) in [5.74, 6) is 0.513. The van der Waals surface area contributed by atoms with Crippen molar-refractivity contribution in [2.45, 2.75) is 58.0 Å². The molecule has 4 heteroatoms. The van der Waals surface area contributed by atoms with Crippen molar-refractivity contribution in [2.75, 3.05) is 0 Å². The summed E-state index contributed by atoms with van der Waals surface area (Å²) in [6, 6.07) is 15.1. The second-order valence-corrected chi connectivity index (χ2v) is 9.70. The molecule has 1 saturated carbocycles. The van der Waals surface area contributed by atoms with E-state index in [2.05, 4.69) is 12.1 Å². The molecule has 0 unspecified atom stereocenters. The van der Waals surface area contributed by atoms with Crippen molar-refractivity contribution in [3.63, 3.8) is 0 Å². The van der Waals surface area contributed by atoms with Crippen molar-refractivity contribution in [2.24, 2.45) is 5.92 Å². The van der Waals surface area contributed by atoms with E-state index in [1.807, 2.05) is 39.0 Å². The van der Waals surface area contributed by atoms with Crippen LogP contribution in [-0.4, -0.2) is 17.2 Å². The minimum absolute atomic E-state index is 0.0377. The average molecular weight is 423 g/mol. The van der Waals surface area contributed by atoms with Crippen molar-refractivity contribution >= 4 is 23.2 Å². The topological polar surface area (TPSA) is 43.4 Å². The van der Waals surface area contributed by atoms with Crippen LogP contribution in [0.1, 0.15) is 78.7 Å². The summed E-state index contributed by atoms with van der Waals surface area (Å²) >= 11 is 6.03. The normalized spacial score (nSPS) is 22.1. The number of Topliss-reactive ketones (excluding diaryl/α,β-unsaturated/α-hetero) is 2. The van der Waals surface area contributed by atoms with Gasteiger partial charge in [-0.1, -0.05) is 48.0 Å². The summed E-state index contributed by atoms with van der Waals surface area (Å²) in [6.45, 7) is 5.73. The lowest BCUT2D eigenvalue weighted by atomic mass is 9.72. The van der Waals surface area contributed by atoms with Gasteiger partial charge >= 0.3 is 0 Å². The molecule has 0 N–H and O–H groups in total. The molecule has 30 heavy (non-hydrogen) atoms. The van der Waals surface area contributed by atoms with Crippen LogP contribution in [0.2, 0.25) is 5.02 Å². The summed E-state index contributed by atoms with van der Waals surface area (Å²) in [5.41, 5.74) is 2.25. The van der Waals surface area contributed by atoms with Gasteiger partial charge in [0.25, 0.3) is 0 Å². The summed E-state index contributed by atoms with van der Waals surface area (Å²) in [5, 5.41) is 0.742. The van der Waals surface area contributed by atoms with Crippen molar-refractivity contribution in [1.29, 1.82) is 0 Å². The van der Waals surface area contributed by atoms with Gasteiger partial charge in [-0.05, 0) is 76.0 Å². The van der Waals surface area contributed by atoms with Crippen molar-refractivity contribution in [1.82, 2.24) is 0 Å². The monoisotopic (exact) mass is 422 g/mol. The lowest BCUT2D eigenvalue weighted by Gasteiger charge is -2.34. The van der Waals surface area contributed by atoms with E-state index >= 15 is 0 Å². The highest BCUT2D eigenvalue weighted by Crippen LogP contribution is 2.43. The molecule has 2 aliphatic rings. The number of ether oxygens (including phenoxy) is 1. The molecule has 4 rings (SSSR count). The van der Waals surface area contributed by atoms with Gasteiger partial charge in [-0.3, -0.25) is 9.59 Å². The van der Waals surface area contributed by atoms with Gasteiger partial charge in [0.2, 0.25) is 5.78 Å². The van der Waals surface area contributed by atoms with E-state index in [9.17, 15) is 9.59 Å². The van der Waals surface area contributed by atoms with E-state index in [0.29, 0.717) is 22.6 Å². The highest BCUT2D eigenvalue weighted by Gasteiger charge is 2.40. The zero-order valence-corrected chi connectivity index (χ0v) is 18.5. The van der Waals surface area contributed by atoms with Crippen LogP contribution < -0.4 is 0 Å². The molecule has 0 aliphatic heterocycles. The smallest absolute Gasteiger partial charge is 0.228 e. The number of hydrogen-bond donors (Lipinski definition) is 0. The number of benzene rings is 2. The fourth-order valence-corrected chi connectivity index (χ4v) is 4.73. The highest BCUT2D eigenvalue weighted by molar-refractivity contribution is 6.30. The number of fused-ring (bicyclic) bond motifs is 1. The molecule has 2 aromatic rings. The Morgan fingerprint density at radius 1 is 0.800 bits per heavy atom. The molecule has 0 heterocycles. The molecule has 0 atom stereocenters. The lowest BCUT2D eigenvalue weighted by Crippen LogP contribution is -2.32. The van der Waals surface area contributed by atoms with Crippen molar-refractivity contribution in [3.8, 4) is 0 Å². The Balaban J connectivity index is 1.64. The molecule has 2 aromatic carbocycles. The van der Waals surface area contributed by atoms with Crippen LogP contribution in [-0.2, 0) is 4.74 Å². The van der Waals surface area contributed by atoms with Gasteiger partial charge in [-0.25, -0.2) is 0 Å². The van der Waals surface area contributed by atoms with E-state index < -0.39 is 5.60 Å². The molecule has 0 radical (unpaired) electrons. The van der Waals surface area contributed by atoms with Crippen LogP contribution in [0.5, 0.6) is 0 Å². The molecule has 0 bridgehead atoms.